The Balaban J connectivity index is 2.16. The molecule has 1 saturated heterocycles. The molecule has 1 heterocycles. The van der Waals surface area contributed by atoms with Crippen molar-refractivity contribution < 1.29 is 0 Å². The Labute approximate surface area is 106 Å². The van der Waals surface area contributed by atoms with Gasteiger partial charge in [-0.05, 0) is 26.3 Å². The summed E-state index contributed by atoms with van der Waals surface area (Å²) in [6, 6.07) is 0.701. The highest BCUT2D eigenvalue weighted by Crippen LogP contribution is 2.22. The molecule has 2 unspecified atom stereocenters. The van der Waals surface area contributed by atoms with Crippen molar-refractivity contribution in [3.63, 3.8) is 0 Å². The van der Waals surface area contributed by atoms with E-state index in [1.165, 1.54) is 44.6 Å². The molecule has 16 heavy (non-hydrogen) atoms. The maximum Gasteiger partial charge on any atom is 0.0193 e. The molecule has 0 aromatic rings. The van der Waals surface area contributed by atoms with Crippen LogP contribution >= 0.6 is 11.8 Å². The van der Waals surface area contributed by atoms with Crippen molar-refractivity contribution in [3.05, 3.63) is 0 Å². The third-order valence-electron chi connectivity index (χ3n) is 3.40. The first kappa shape index (κ1) is 14.3. The van der Waals surface area contributed by atoms with Crippen molar-refractivity contribution in [2.24, 2.45) is 0 Å². The topological polar surface area (TPSA) is 15.3 Å². The van der Waals surface area contributed by atoms with Crippen LogP contribution in [0.1, 0.15) is 40.0 Å². The summed E-state index contributed by atoms with van der Waals surface area (Å²) >= 11 is 2.15. The average molecular weight is 244 g/mol. The van der Waals surface area contributed by atoms with E-state index in [1.807, 2.05) is 0 Å². The van der Waals surface area contributed by atoms with E-state index in [0.29, 0.717) is 6.04 Å². The van der Waals surface area contributed by atoms with Gasteiger partial charge >= 0.3 is 0 Å². The number of hydrogen-bond donors (Lipinski definition) is 1. The Bertz CT molecular complexity index is 175. The van der Waals surface area contributed by atoms with Crippen molar-refractivity contribution in [2.75, 3.05) is 31.9 Å². The van der Waals surface area contributed by atoms with Gasteiger partial charge in [0.1, 0.15) is 0 Å². The summed E-state index contributed by atoms with van der Waals surface area (Å²) in [6.45, 7) is 11.8. The average Bonchev–Trinajstić information content (AvgIpc) is 2.34. The standard InChI is InChI=1S/C13H28N2S/c1-4-6-7-14-10-12(3)15-8-9-16-13(5-2)11-15/h12-14H,4-11H2,1-3H3. The Morgan fingerprint density at radius 3 is 2.94 bits per heavy atom. The van der Waals surface area contributed by atoms with Gasteiger partial charge in [-0.2, -0.15) is 11.8 Å². The largest absolute Gasteiger partial charge is 0.315 e. The van der Waals surface area contributed by atoms with Crippen LogP contribution in [0.25, 0.3) is 0 Å². The SMILES string of the molecule is CCCCNCC(C)N1CCSC(CC)C1. The third-order valence-corrected chi connectivity index (χ3v) is 4.77. The molecule has 1 aliphatic rings. The lowest BCUT2D eigenvalue weighted by molar-refractivity contribution is 0.210. The van der Waals surface area contributed by atoms with Crippen LogP contribution < -0.4 is 5.32 Å². The minimum absolute atomic E-state index is 0.701. The highest BCUT2D eigenvalue weighted by atomic mass is 32.2. The number of nitrogens with one attached hydrogen (secondary N) is 1. The summed E-state index contributed by atoms with van der Waals surface area (Å²) in [5, 5.41) is 4.44. The van der Waals surface area contributed by atoms with E-state index < -0.39 is 0 Å². The zero-order valence-corrected chi connectivity index (χ0v) is 12.0. The predicted octanol–water partition coefficient (Wildman–Crippen LogP) is 2.59. The normalized spacial score (nSPS) is 24.6. The molecule has 0 bridgehead atoms. The van der Waals surface area contributed by atoms with Crippen LogP contribution in [0.3, 0.4) is 0 Å². The van der Waals surface area contributed by atoms with Crippen LogP contribution in [0.2, 0.25) is 0 Å². The molecule has 0 saturated carbocycles. The molecule has 3 heteroatoms. The quantitative estimate of drug-likeness (QED) is 0.693. The maximum atomic E-state index is 3.57. The molecule has 0 amide bonds. The molecule has 1 rings (SSSR count). The van der Waals surface area contributed by atoms with E-state index in [-0.39, 0.29) is 0 Å². The molecule has 0 radical (unpaired) electrons. The maximum absolute atomic E-state index is 3.57. The Kier molecular flexibility index (Phi) is 7.50. The van der Waals surface area contributed by atoms with Crippen LogP contribution in [0.5, 0.6) is 0 Å². The molecule has 2 nitrogen and oxygen atoms in total. The van der Waals surface area contributed by atoms with Gasteiger partial charge in [0.05, 0.1) is 0 Å². The van der Waals surface area contributed by atoms with Crippen molar-refractivity contribution in [1.29, 1.82) is 0 Å². The third kappa shape index (κ3) is 5.07. The van der Waals surface area contributed by atoms with Gasteiger partial charge in [0.2, 0.25) is 0 Å². The lowest BCUT2D eigenvalue weighted by Gasteiger charge is -2.36. The number of hydrogen-bond acceptors (Lipinski definition) is 3. The Morgan fingerprint density at radius 2 is 2.25 bits per heavy atom. The first-order chi connectivity index (χ1) is 7.77. The fourth-order valence-corrected chi connectivity index (χ4v) is 3.34. The van der Waals surface area contributed by atoms with Gasteiger partial charge in [-0.15, -0.1) is 0 Å². The van der Waals surface area contributed by atoms with Crippen LogP contribution in [-0.4, -0.2) is 48.1 Å². The van der Waals surface area contributed by atoms with Crippen LogP contribution in [0.15, 0.2) is 0 Å². The molecule has 1 aliphatic heterocycles. The van der Waals surface area contributed by atoms with Gasteiger partial charge in [0.25, 0.3) is 0 Å². The van der Waals surface area contributed by atoms with Gasteiger partial charge in [-0.25, -0.2) is 0 Å². The summed E-state index contributed by atoms with van der Waals surface area (Å²) in [6.07, 6.45) is 3.91. The van der Waals surface area contributed by atoms with E-state index in [2.05, 4.69) is 42.7 Å². The van der Waals surface area contributed by atoms with Gasteiger partial charge in [0.15, 0.2) is 0 Å². The zero-order chi connectivity index (χ0) is 11.8. The molecular formula is C13H28N2S. The van der Waals surface area contributed by atoms with Gasteiger partial charge in [-0.3, -0.25) is 4.90 Å². The highest BCUT2D eigenvalue weighted by molar-refractivity contribution is 8.00. The second kappa shape index (κ2) is 8.37. The van der Waals surface area contributed by atoms with Crippen LogP contribution in [-0.2, 0) is 0 Å². The lowest BCUT2D eigenvalue weighted by atomic mass is 10.2. The highest BCUT2D eigenvalue weighted by Gasteiger charge is 2.22. The van der Waals surface area contributed by atoms with E-state index in [0.717, 1.165) is 11.8 Å². The van der Waals surface area contributed by atoms with E-state index >= 15 is 0 Å². The molecule has 0 aromatic heterocycles. The second-order valence-electron chi connectivity index (χ2n) is 4.80. The van der Waals surface area contributed by atoms with Gasteiger partial charge in [-0.1, -0.05) is 20.3 Å². The van der Waals surface area contributed by atoms with Crippen molar-refractivity contribution in [1.82, 2.24) is 10.2 Å². The van der Waals surface area contributed by atoms with Crippen LogP contribution in [0.4, 0.5) is 0 Å². The van der Waals surface area contributed by atoms with Crippen molar-refractivity contribution in [3.8, 4) is 0 Å². The number of rotatable bonds is 7. The zero-order valence-electron chi connectivity index (χ0n) is 11.2. The number of nitrogens with zero attached hydrogens (tertiary/aromatic N) is 1. The molecule has 96 valence electrons. The minimum Gasteiger partial charge on any atom is -0.315 e. The lowest BCUT2D eigenvalue weighted by Crippen LogP contribution is -2.47. The number of thioether (sulfide) groups is 1. The minimum atomic E-state index is 0.701. The number of unbranched alkanes of at least 4 members (excludes halogenated alkanes) is 1. The summed E-state index contributed by atoms with van der Waals surface area (Å²) < 4.78 is 0. The molecule has 2 atom stereocenters. The first-order valence-electron chi connectivity index (χ1n) is 6.84. The molecular weight excluding hydrogens is 216 g/mol. The molecule has 0 spiro atoms. The predicted molar refractivity (Wildman–Crippen MR) is 75.3 cm³/mol. The molecule has 1 fully saturated rings. The molecule has 1 N–H and O–H groups in total. The summed E-state index contributed by atoms with van der Waals surface area (Å²) in [5.41, 5.74) is 0. The molecule has 0 aromatic carbocycles. The summed E-state index contributed by atoms with van der Waals surface area (Å²) in [5.74, 6) is 1.32. The van der Waals surface area contributed by atoms with Crippen molar-refractivity contribution in [2.45, 2.75) is 51.3 Å². The summed E-state index contributed by atoms with van der Waals surface area (Å²) in [7, 11) is 0. The van der Waals surface area contributed by atoms with Crippen LogP contribution in [0, 0.1) is 0 Å². The fraction of sp³-hybridized carbons (Fsp3) is 1.00. The van der Waals surface area contributed by atoms with Gasteiger partial charge < -0.3 is 5.32 Å². The van der Waals surface area contributed by atoms with Crippen molar-refractivity contribution >= 4 is 11.8 Å². The van der Waals surface area contributed by atoms with E-state index in [9.17, 15) is 0 Å². The summed E-state index contributed by atoms with van der Waals surface area (Å²) in [4.78, 5) is 2.66. The fourth-order valence-electron chi connectivity index (χ4n) is 2.13. The Hall–Kier alpha value is 0.270. The smallest absolute Gasteiger partial charge is 0.0193 e. The Morgan fingerprint density at radius 1 is 1.44 bits per heavy atom. The molecule has 0 aliphatic carbocycles. The van der Waals surface area contributed by atoms with E-state index in [4.69, 9.17) is 0 Å². The monoisotopic (exact) mass is 244 g/mol. The van der Waals surface area contributed by atoms with Gasteiger partial charge in [0, 0.05) is 36.7 Å². The van der Waals surface area contributed by atoms with E-state index in [1.54, 1.807) is 0 Å². The first-order valence-corrected chi connectivity index (χ1v) is 7.89. The second-order valence-corrected chi connectivity index (χ2v) is 6.21.